The second kappa shape index (κ2) is 55.5. The van der Waals surface area contributed by atoms with Crippen molar-refractivity contribution in [3.8, 4) is 0 Å². The summed E-state index contributed by atoms with van der Waals surface area (Å²) in [5, 5.41) is 0. The molecule has 1 atom stereocenters. The van der Waals surface area contributed by atoms with Crippen LogP contribution in [0.3, 0.4) is 0 Å². The van der Waals surface area contributed by atoms with E-state index in [0.717, 1.165) is 0 Å². The molecule has 0 saturated carbocycles. The van der Waals surface area contributed by atoms with E-state index in [1.165, 1.54) is 0 Å². The molecule has 0 heterocycles. The molecule has 0 spiro atoms. The molecule has 4 nitrogen and oxygen atoms in total. The molecule has 9 heteroatoms. The summed E-state index contributed by atoms with van der Waals surface area (Å²) in [5.41, 5.74) is 0. The first-order valence-electron chi connectivity index (χ1n) is 1.16. The maximum absolute atomic E-state index is 9.56. The number of rotatable bonds is 0. The van der Waals surface area contributed by atoms with Crippen LogP contribution >= 0.6 is 0 Å². The van der Waals surface area contributed by atoms with E-state index in [4.69, 9.17) is 15.8 Å². The number of hydrogen-bond donors (Lipinski definition) is 0. The fourth-order valence-electron chi connectivity index (χ4n) is 0. The molecule has 0 radical (unpaired) electrons. The van der Waals surface area contributed by atoms with Crippen LogP contribution in [0.15, 0.2) is 0 Å². The van der Waals surface area contributed by atoms with Crippen molar-refractivity contribution in [3.05, 3.63) is 0 Å². The molecule has 0 aromatic carbocycles. The second-order valence-corrected chi connectivity index (χ2v) is 1.00. The fraction of sp³-hybridized carbons (Fsp3) is 0. The Labute approximate surface area is 90.2 Å². The summed E-state index contributed by atoms with van der Waals surface area (Å²) in [6.07, 6.45) is 0. The third-order valence-corrected chi connectivity index (χ3v) is 0. The Balaban J connectivity index is -0.0000000202. The zero-order chi connectivity index (χ0) is 7.41. The van der Waals surface area contributed by atoms with Crippen LogP contribution < -0.4 is 8.27 Å². The third kappa shape index (κ3) is 229. The number of hydrogen-bond acceptors (Lipinski definition) is 4. The monoisotopic (exact) mass is 334 g/mol. The van der Waals surface area contributed by atoms with Crippen molar-refractivity contribution in [2.24, 2.45) is 0 Å². The van der Waals surface area contributed by atoms with Crippen LogP contribution in [0.5, 0.6) is 0 Å². The van der Waals surface area contributed by atoms with E-state index in [-0.39, 0.29) is 40.4 Å². The quantitative estimate of drug-likeness (QED) is 0.417. The van der Waals surface area contributed by atoms with Gasteiger partial charge >= 0.3 is 91.1 Å². The van der Waals surface area contributed by atoms with Gasteiger partial charge in [-0.2, -0.15) is 0 Å². The molecule has 0 rings (SSSR count). The minimum absolute atomic E-state index is 0. The van der Waals surface area contributed by atoms with Crippen LogP contribution in [-0.2, 0) is 7.56 Å². The van der Waals surface area contributed by atoms with Crippen LogP contribution in [0.2, 0.25) is 0 Å². The molecule has 0 bridgehead atoms. The summed E-state index contributed by atoms with van der Waals surface area (Å²) in [4.78, 5) is 0. The van der Waals surface area contributed by atoms with Crippen molar-refractivity contribution in [1.29, 1.82) is 0 Å². The first-order chi connectivity index (χ1) is 3.83. The summed E-state index contributed by atoms with van der Waals surface area (Å²) in [7, 11) is 0. The van der Waals surface area contributed by atoms with Gasteiger partial charge in [-0.05, 0) is 0 Å². The maximum atomic E-state index is 9.56. The Morgan fingerprint density at radius 2 is 1.11 bits per heavy atom. The summed E-state index contributed by atoms with van der Waals surface area (Å²) < 4.78 is 43.7. The summed E-state index contributed by atoms with van der Waals surface area (Å²) in [6.45, 7) is 0. The van der Waals surface area contributed by atoms with Crippen molar-refractivity contribution in [1.82, 2.24) is 0 Å². The number of halogens is 1. The predicted molar refractivity (Wildman–Crippen MR) is 31.1 cm³/mol. The molecular weight excluding hydrogens is 327 g/mol. The summed E-state index contributed by atoms with van der Waals surface area (Å²) in [5.74, 6) is 0. The van der Waals surface area contributed by atoms with Crippen molar-refractivity contribution in [3.63, 3.8) is 0 Å². The minimum atomic E-state index is -2.19. The van der Waals surface area contributed by atoms with Crippen molar-refractivity contribution in [2.45, 2.75) is 0 Å². The molecule has 0 aliphatic rings. The molecule has 0 aromatic heterocycles. The van der Waals surface area contributed by atoms with E-state index in [1.54, 1.807) is 0 Å². The van der Waals surface area contributed by atoms with Crippen LogP contribution in [0.1, 0.15) is 0 Å². The molecule has 0 aliphatic carbocycles. The van der Waals surface area contributed by atoms with Gasteiger partial charge in [0, 0.05) is 0 Å². The molecule has 0 aliphatic heterocycles. The Morgan fingerprint density at radius 3 is 1.11 bits per heavy atom. The van der Waals surface area contributed by atoms with Gasteiger partial charge < -0.3 is 0 Å². The molecule has 1 unspecified atom stereocenters. The van der Waals surface area contributed by atoms with Gasteiger partial charge in [-0.1, -0.05) is 0 Å². The van der Waals surface area contributed by atoms with E-state index in [2.05, 4.69) is 0 Å². The SMILES string of the molecule is F[AsH2].[Mg+2].[O]=[GeH][O-].[O]=[GeH][O-]. The fourth-order valence-corrected chi connectivity index (χ4v) is 0. The van der Waals surface area contributed by atoms with Crippen LogP contribution in [0.4, 0.5) is 3.47 Å². The first-order valence-corrected chi connectivity index (χ1v) is 6.03. The molecule has 50 valence electrons. The van der Waals surface area contributed by atoms with E-state index in [1.807, 2.05) is 0 Å². The van der Waals surface area contributed by atoms with Gasteiger partial charge in [0.2, 0.25) is 0 Å². The van der Waals surface area contributed by atoms with Gasteiger partial charge in [-0.3, -0.25) is 0 Å². The van der Waals surface area contributed by atoms with E-state index >= 15 is 0 Å². The Morgan fingerprint density at radius 1 is 1.11 bits per heavy atom. The van der Waals surface area contributed by atoms with Crippen LogP contribution in [-0.4, -0.2) is 71.8 Å². The van der Waals surface area contributed by atoms with Gasteiger partial charge in [0.15, 0.2) is 0 Å². The Kier molecular flexibility index (Phi) is 138. The molecule has 0 fully saturated rings. The molecular formula is H4AsFGe2MgO4. The van der Waals surface area contributed by atoms with Crippen molar-refractivity contribution >= 4 is 71.8 Å². The van der Waals surface area contributed by atoms with Gasteiger partial charge in [-0.25, -0.2) is 0 Å². The standard InChI is InChI=1S/AsFH2.2GeHO2.Mg/c1-2;2*2-1-3;/h1H2;2*1H;/q;2*-1;+2. The first kappa shape index (κ1) is 22.4. The predicted octanol–water partition coefficient (Wildman–Crippen LogP) is -4.79. The Hall–Kier alpha value is 1.54. The molecule has 0 aromatic rings. The van der Waals surface area contributed by atoms with Crippen molar-refractivity contribution < 1.29 is 19.3 Å². The molecule has 0 saturated heterocycles. The van der Waals surface area contributed by atoms with Crippen LogP contribution in [0.25, 0.3) is 0 Å². The average molecular weight is 331 g/mol. The zero-order valence-electron chi connectivity index (χ0n) is 4.45. The molecule has 0 N–H and O–H groups in total. The normalized spacial score (nSPS) is 3.33. The summed E-state index contributed by atoms with van der Waals surface area (Å²) >= 11 is -4.19. The van der Waals surface area contributed by atoms with Gasteiger partial charge in [-0.15, -0.1) is 0 Å². The van der Waals surface area contributed by atoms with Crippen LogP contribution in [0, 0.1) is 0 Å². The topological polar surface area (TPSA) is 80.3 Å². The summed E-state index contributed by atoms with van der Waals surface area (Å²) in [6, 6.07) is 0. The molecule has 9 heavy (non-hydrogen) atoms. The third-order valence-electron chi connectivity index (χ3n) is 0. The van der Waals surface area contributed by atoms with E-state index < -0.39 is 31.4 Å². The Bertz CT molecular complexity index is 39.5. The van der Waals surface area contributed by atoms with Gasteiger partial charge in [0.1, 0.15) is 0 Å². The van der Waals surface area contributed by atoms with Crippen molar-refractivity contribution in [2.75, 3.05) is 0 Å². The second-order valence-electron chi connectivity index (χ2n) is 0.192. The zero-order valence-corrected chi connectivity index (χ0v) is 13.1. The molecule has 0 amide bonds. The van der Waals surface area contributed by atoms with E-state index in [0.29, 0.717) is 0 Å². The van der Waals surface area contributed by atoms with Gasteiger partial charge in [0.25, 0.3) is 0 Å². The van der Waals surface area contributed by atoms with Gasteiger partial charge in [0.05, 0.1) is 0 Å². The average Bonchev–Trinajstić information content (AvgIpc) is 1.75. The van der Waals surface area contributed by atoms with E-state index in [9.17, 15) is 3.47 Å².